The van der Waals surface area contributed by atoms with Gasteiger partial charge in [0.15, 0.2) is 0 Å². The van der Waals surface area contributed by atoms with E-state index in [0.29, 0.717) is 22.6 Å². The second-order valence-corrected chi connectivity index (χ2v) is 6.70. The Morgan fingerprint density at radius 2 is 2.36 bits per heavy atom. The third-order valence-electron chi connectivity index (χ3n) is 2.57. The zero-order chi connectivity index (χ0) is 10.2. The quantitative estimate of drug-likeness (QED) is 0.857. The van der Waals surface area contributed by atoms with Crippen molar-refractivity contribution in [1.82, 2.24) is 4.72 Å². The van der Waals surface area contributed by atoms with Crippen LogP contribution in [0.4, 0.5) is 0 Å². The van der Waals surface area contributed by atoms with Gasteiger partial charge in [-0.05, 0) is 29.7 Å². The lowest BCUT2D eigenvalue weighted by molar-refractivity contribution is 0.576. The Morgan fingerprint density at radius 1 is 1.64 bits per heavy atom. The Labute approximate surface area is 88.2 Å². The molecular formula is C9H13NO2S2. The van der Waals surface area contributed by atoms with Crippen LogP contribution >= 0.6 is 11.3 Å². The summed E-state index contributed by atoms with van der Waals surface area (Å²) < 4.78 is 26.3. The first-order valence-electron chi connectivity index (χ1n) is 4.63. The van der Waals surface area contributed by atoms with Gasteiger partial charge < -0.3 is 0 Å². The van der Waals surface area contributed by atoms with Gasteiger partial charge in [0.1, 0.15) is 4.21 Å². The molecule has 0 amide bonds. The first-order valence-corrected chi connectivity index (χ1v) is 6.99. The van der Waals surface area contributed by atoms with Gasteiger partial charge in [-0.15, -0.1) is 11.3 Å². The third kappa shape index (κ3) is 2.16. The number of nitrogens with one attached hydrogen (secondary N) is 1. The SMILES string of the molecule is C[C@@H]1C[C@H]1CNS(=O)(=O)c1cccs1. The fraction of sp³-hybridized carbons (Fsp3) is 0.556. The van der Waals surface area contributed by atoms with Crippen LogP contribution in [0.25, 0.3) is 0 Å². The molecule has 1 N–H and O–H groups in total. The van der Waals surface area contributed by atoms with Crippen molar-refractivity contribution in [2.45, 2.75) is 17.6 Å². The van der Waals surface area contributed by atoms with Crippen molar-refractivity contribution in [3.63, 3.8) is 0 Å². The van der Waals surface area contributed by atoms with E-state index in [1.165, 1.54) is 11.3 Å². The van der Waals surface area contributed by atoms with Gasteiger partial charge in [0, 0.05) is 6.54 Å². The van der Waals surface area contributed by atoms with Gasteiger partial charge in [-0.1, -0.05) is 13.0 Å². The van der Waals surface area contributed by atoms with Crippen molar-refractivity contribution in [2.24, 2.45) is 11.8 Å². The molecule has 3 nitrogen and oxygen atoms in total. The molecule has 2 atom stereocenters. The van der Waals surface area contributed by atoms with Crippen molar-refractivity contribution in [3.05, 3.63) is 17.5 Å². The molecule has 0 radical (unpaired) electrons. The fourth-order valence-corrected chi connectivity index (χ4v) is 3.52. The van der Waals surface area contributed by atoms with Gasteiger partial charge in [-0.3, -0.25) is 0 Å². The van der Waals surface area contributed by atoms with Gasteiger partial charge in [-0.2, -0.15) is 0 Å². The molecule has 0 bridgehead atoms. The smallest absolute Gasteiger partial charge is 0.210 e. The van der Waals surface area contributed by atoms with Crippen LogP contribution in [0.3, 0.4) is 0 Å². The largest absolute Gasteiger partial charge is 0.250 e. The minimum atomic E-state index is -3.23. The lowest BCUT2D eigenvalue weighted by Crippen LogP contribution is -2.25. The van der Waals surface area contributed by atoms with Crippen molar-refractivity contribution in [2.75, 3.05) is 6.54 Å². The first-order chi connectivity index (χ1) is 6.59. The van der Waals surface area contributed by atoms with E-state index in [9.17, 15) is 8.42 Å². The molecule has 1 fully saturated rings. The molecular weight excluding hydrogens is 218 g/mol. The molecule has 78 valence electrons. The highest BCUT2D eigenvalue weighted by Gasteiger charge is 2.33. The summed E-state index contributed by atoms with van der Waals surface area (Å²) in [6.45, 7) is 2.73. The van der Waals surface area contributed by atoms with Crippen LogP contribution in [-0.2, 0) is 10.0 Å². The average molecular weight is 231 g/mol. The molecule has 0 unspecified atom stereocenters. The molecule has 14 heavy (non-hydrogen) atoms. The molecule has 2 rings (SSSR count). The molecule has 1 aliphatic rings. The zero-order valence-electron chi connectivity index (χ0n) is 7.93. The molecule has 5 heteroatoms. The number of thiophene rings is 1. The van der Waals surface area contributed by atoms with Gasteiger partial charge in [0.25, 0.3) is 0 Å². The van der Waals surface area contributed by atoms with Crippen molar-refractivity contribution < 1.29 is 8.42 Å². The highest BCUT2D eigenvalue weighted by molar-refractivity contribution is 7.91. The van der Waals surface area contributed by atoms with Crippen LogP contribution in [0.5, 0.6) is 0 Å². The minimum Gasteiger partial charge on any atom is -0.210 e. The monoisotopic (exact) mass is 231 g/mol. The molecule has 1 aliphatic carbocycles. The van der Waals surface area contributed by atoms with E-state index in [-0.39, 0.29) is 0 Å². The maximum Gasteiger partial charge on any atom is 0.250 e. The summed E-state index contributed by atoms with van der Waals surface area (Å²) in [6.07, 6.45) is 1.15. The van der Waals surface area contributed by atoms with Gasteiger partial charge >= 0.3 is 0 Å². The Balaban J connectivity index is 1.96. The van der Waals surface area contributed by atoms with Crippen LogP contribution in [0.2, 0.25) is 0 Å². The van der Waals surface area contributed by atoms with Crippen LogP contribution < -0.4 is 4.72 Å². The molecule has 1 aromatic rings. The topological polar surface area (TPSA) is 46.2 Å². The predicted octanol–water partition coefficient (Wildman–Crippen LogP) is 1.68. The lowest BCUT2D eigenvalue weighted by atomic mass is 10.3. The van der Waals surface area contributed by atoms with E-state index in [1.54, 1.807) is 17.5 Å². The molecule has 0 aliphatic heterocycles. The summed E-state index contributed by atoms with van der Waals surface area (Å²) in [5.41, 5.74) is 0. The van der Waals surface area contributed by atoms with E-state index < -0.39 is 10.0 Å². The summed E-state index contributed by atoms with van der Waals surface area (Å²) >= 11 is 1.25. The van der Waals surface area contributed by atoms with Crippen molar-refractivity contribution in [3.8, 4) is 0 Å². The molecule has 1 aromatic heterocycles. The second kappa shape index (κ2) is 3.64. The first kappa shape index (κ1) is 10.1. The highest BCUT2D eigenvalue weighted by atomic mass is 32.2. The van der Waals surface area contributed by atoms with Gasteiger partial charge in [-0.25, -0.2) is 13.1 Å². The van der Waals surface area contributed by atoms with E-state index in [2.05, 4.69) is 11.6 Å². The van der Waals surface area contributed by atoms with Gasteiger partial charge in [0.05, 0.1) is 0 Å². The Kier molecular flexibility index (Phi) is 2.64. The maximum absolute atomic E-state index is 11.6. The van der Waals surface area contributed by atoms with E-state index in [1.807, 2.05) is 0 Å². The van der Waals surface area contributed by atoms with Crippen LogP contribution in [0, 0.1) is 11.8 Å². The summed E-state index contributed by atoms with van der Waals surface area (Å²) in [6, 6.07) is 3.38. The number of hydrogen-bond acceptors (Lipinski definition) is 3. The van der Waals surface area contributed by atoms with Crippen molar-refractivity contribution >= 4 is 21.4 Å². The molecule has 0 spiro atoms. The van der Waals surface area contributed by atoms with Gasteiger partial charge in [0.2, 0.25) is 10.0 Å². The van der Waals surface area contributed by atoms with Crippen molar-refractivity contribution in [1.29, 1.82) is 0 Å². The fourth-order valence-electron chi connectivity index (χ4n) is 1.39. The molecule has 1 saturated carbocycles. The Morgan fingerprint density at radius 3 is 2.86 bits per heavy atom. The second-order valence-electron chi connectivity index (χ2n) is 3.76. The Hall–Kier alpha value is -0.390. The van der Waals surface area contributed by atoms with E-state index >= 15 is 0 Å². The average Bonchev–Trinajstić information content (AvgIpc) is 2.69. The van der Waals surface area contributed by atoms with Crippen LogP contribution in [-0.4, -0.2) is 15.0 Å². The van der Waals surface area contributed by atoms with E-state index in [4.69, 9.17) is 0 Å². The van der Waals surface area contributed by atoms with Crippen LogP contribution in [0.15, 0.2) is 21.7 Å². The summed E-state index contributed by atoms with van der Waals surface area (Å²) in [5.74, 6) is 1.23. The highest BCUT2D eigenvalue weighted by Crippen LogP contribution is 2.37. The number of sulfonamides is 1. The van der Waals surface area contributed by atoms with Crippen LogP contribution in [0.1, 0.15) is 13.3 Å². The summed E-state index contributed by atoms with van der Waals surface area (Å²) in [7, 11) is -3.23. The standard InChI is InChI=1S/C9H13NO2S2/c1-7-5-8(7)6-10-14(11,12)9-3-2-4-13-9/h2-4,7-8,10H,5-6H2,1H3/t7-,8+/m1/s1. The lowest BCUT2D eigenvalue weighted by Gasteiger charge is -2.02. The third-order valence-corrected chi connectivity index (χ3v) is 5.39. The normalized spacial score (nSPS) is 26.4. The number of hydrogen-bond donors (Lipinski definition) is 1. The Bertz CT molecular complexity index is 396. The molecule has 0 saturated heterocycles. The predicted molar refractivity (Wildman–Crippen MR) is 56.8 cm³/mol. The summed E-state index contributed by atoms with van der Waals surface area (Å²) in [5, 5.41) is 1.77. The number of rotatable bonds is 4. The minimum absolute atomic E-state index is 0.408. The maximum atomic E-state index is 11.6. The summed E-state index contributed by atoms with van der Waals surface area (Å²) in [4.78, 5) is 0. The molecule has 0 aromatic carbocycles. The molecule has 1 heterocycles. The zero-order valence-corrected chi connectivity index (χ0v) is 9.57. The van der Waals surface area contributed by atoms with E-state index in [0.717, 1.165) is 6.42 Å².